The summed E-state index contributed by atoms with van der Waals surface area (Å²) in [6.45, 7) is 4.00. The molecular weight excluding hydrogens is 224 g/mol. The van der Waals surface area contributed by atoms with Crippen molar-refractivity contribution in [3.63, 3.8) is 0 Å². The normalized spacial score (nSPS) is 10.2. The predicted molar refractivity (Wildman–Crippen MR) is 73.0 cm³/mol. The molecule has 18 heavy (non-hydrogen) atoms. The van der Waals surface area contributed by atoms with Gasteiger partial charge in [-0.15, -0.1) is 0 Å². The van der Waals surface area contributed by atoms with E-state index in [2.05, 4.69) is 24.5 Å². The summed E-state index contributed by atoms with van der Waals surface area (Å²) in [5.41, 5.74) is 7.12. The third-order valence-electron chi connectivity index (χ3n) is 3.14. The molecule has 0 aliphatic carbocycles. The number of hydrazine groups is 1. The van der Waals surface area contributed by atoms with Gasteiger partial charge in [-0.25, -0.2) is 5.84 Å². The first-order valence-corrected chi connectivity index (χ1v) is 5.81. The van der Waals surface area contributed by atoms with Crippen molar-refractivity contribution in [2.75, 3.05) is 0 Å². The molecule has 0 spiro atoms. The number of aryl methyl sites for hydroxylation is 1. The predicted octanol–water partition coefficient (Wildman–Crippen LogP) is 2.57. The second-order valence-electron chi connectivity index (χ2n) is 4.27. The Morgan fingerprint density at radius 3 is 2.33 bits per heavy atom. The van der Waals surface area contributed by atoms with Crippen LogP contribution in [0.15, 0.2) is 42.5 Å². The van der Waals surface area contributed by atoms with Crippen molar-refractivity contribution in [1.82, 2.24) is 5.43 Å². The molecule has 3 heteroatoms. The van der Waals surface area contributed by atoms with E-state index in [4.69, 9.17) is 5.84 Å². The molecule has 0 bridgehead atoms. The minimum atomic E-state index is -0.261. The highest BCUT2D eigenvalue weighted by Gasteiger charge is 2.12. The van der Waals surface area contributed by atoms with Crippen LogP contribution in [0.1, 0.15) is 21.5 Å². The molecule has 0 unspecified atom stereocenters. The van der Waals surface area contributed by atoms with Gasteiger partial charge in [0, 0.05) is 5.56 Å². The minimum Gasteiger partial charge on any atom is -0.290 e. The molecule has 0 aliphatic rings. The molecule has 0 aromatic heterocycles. The third kappa shape index (κ3) is 2.13. The van der Waals surface area contributed by atoms with Crippen molar-refractivity contribution >= 4 is 5.91 Å². The fourth-order valence-corrected chi connectivity index (χ4v) is 2.13. The molecule has 0 saturated carbocycles. The van der Waals surface area contributed by atoms with Gasteiger partial charge in [0.1, 0.15) is 0 Å². The van der Waals surface area contributed by atoms with E-state index >= 15 is 0 Å². The standard InChI is InChI=1S/C15H16N2O/c1-10-6-3-4-7-12(10)13-8-5-9-14(11(13)2)15(18)17-16/h3-9H,16H2,1-2H3,(H,17,18). The highest BCUT2D eigenvalue weighted by atomic mass is 16.2. The highest BCUT2D eigenvalue weighted by molar-refractivity contribution is 5.97. The maximum absolute atomic E-state index is 11.7. The van der Waals surface area contributed by atoms with Crippen LogP contribution in [0, 0.1) is 13.8 Å². The molecule has 0 radical (unpaired) electrons. The van der Waals surface area contributed by atoms with Gasteiger partial charge in [0.2, 0.25) is 0 Å². The second kappa shape index (κ2) is 5.02. The first-order chi connectivity index (χ1) is 8.65. The molecule has 2 aromatic carbocycles. The fourth-order valence-electron chi connectivity index (χ4n) is 2.13. The zero-order valence-electron chi connectivity index (χ0n) is 10.5. The number of hydrogen-bond donors (Lipinski definition) is 2. The molecule has 2 aromatic rings. The van der Waals surface area contributed by atoms with E-state index < -0.39 is 0 Å². The fraction of sp³-hybridized carbons (Fsp3) is 0.133. The molecule has 3 N–H and O–H groups in total. The first-order valence-electron chi connectivity index (χ1n) is 5.81. The van der Waals surface area contributed by atoms with Gasteiger partial charge in [0.05, 0.1) is 0 Å². The second-order valence-corrected chi connectivity index (χ2v) is 4.27. The minimum absolute atomic E-state index is 0.261. The molecule has 0 atom stereocenters. The summed E-state index contributed by atoms with van der Waals surface area (Å²) in [6, 6.07) is 13.8. The molecule has 0 heterocycles. The number of rotatable bonds is 2. The van der Waals surface area contributed by atoms with Crippen molar-refractivity contribution in [2.24, 2.45) is 5.84 Å². The van der Waals surface area contributed by atoms with Gasteiger partial charge in [-0.1, -0.05) is 36.4 Å². The van der Waals surface area contributed by atoms with Gasteiger partial charge in [-0.3, -0.25) is 10.2 Å². The lowest BCUT2D eigenvalue weighted by Gasteiger charge is -2.12. The van der Waals surface area contributed by atoms with Crippen LogP contribution in [0.4, 0.5) is 0 Å². The van der Waals surface area contributed by atoms with Crippen molar-refractivity contribution in [1.29, 1.82) is 0 Å². The summed E-state index contributed by atoms with van der Waals surface area (Å²) in [7, 11) is 0. The average Bonchev–Trinajstić information content (AvgIpc) is 2.39. The van der Waals surface area contributed by atoms with Crippen molar-refractivity contribution in [2.45, 2.75) is 13.8 Å². The van der Waals surface area contributed by atoms with Gasteiger partial charge in [0.25, 0.3) is 5.91 Å². The van der Waals surface area contributed by atoms with Crippen LogP contribution in [0.2, 0.25) is 0 Å². The van der Waals surface area contributed by atoms with Gasteiger partial charge in [-0.05, 0) is 42.2 Å². The van der Waals surface area contributed by atoms with Gasteiger partial charge in [0.15, 0.2) is 0 Å². The lowest BCUT2D eigenvalue weighted by Crippen LogP contribution is -2.30. The van der Waals surface area contributed by atoms with E-state index in [9.17, 15) is 4.79 Å². The molecule has 0 aliphatic heterocycles. The zero-order chi connectivity index (χ0) is 13.1. The van der Waals surface area contributed by atoms with E-state index in [0.29, 0.717) is 5.56 Å². The Hall–Kier alpha value is -2.13. The quantitative estimate of drug-likeness (QED) is 0.481. The number of nitrogens with one attached hydrogen (secondary N) is 1. The Morgan fingerprint density at radius 1 is 1.00 bits per heavy atom. The van der Waals surface area contributed by atoms with Crippen LogP contribution in [-0.2, 0) is 0 Å². The Labute approximate surface area is 107 Å². The van der Waals surface area contributed by atoms with Crippen LogP contribution in [-0.4, -0.2) is 5.91 Å². The Kier molecular flexibility index (Phi) is 3.44. The van der Waals surface area contributed by atoms with Crippen LogP contribution < -0.4 is 11.3 Å². The number of hydrogen-bond acceptors (Lipinski definition) is 2. The van der Waals surface area contributed by atoms with E-state index in [1.54, 1.807) is 6.07 Å². The topological polar surface area (TPSA) is 55.1 Å². The van der Waals surface area contributed by atoms with Gasteiger partial charge in [-0.2, -0.15) is 0 Å². The number of benzene rings is 2. The number of nitrogen functional groups attached to an aromatic ring is 1. The number of nitrogens with two attached hydrogens (primary N) is 1. The summed E-state index contributed by atoms with van der Waals surface area (Å²) in [4.78, 5) is 11.7. The molecule has 3 nitrogen and oxygen atoms in total. The summed E-state index contributed by atoms with van der Waals surface area (Å²) in [5, 5.41) is 0. The van der Waals surface area contributed by atoms with Crippen molar-refractivity contribution in [3.05, 3.63) is 59.2 Å². The average molecular weight is 240 g/mol. The first kappa shape index (κ1) is 12.3. The molecule has 0 saturated heterocycles. The molecular formula is C15H16N2O. The van der Waals surface area contributed by atoms with Crippen LogP contribution in [0.25, 0.3) is 11.1 Å². The van der Waals surface area contributed by atoms with E-state index in [0.717, 1.165) is 16.7 Å². The third-order valence-corrected chi connectivity index (χ3v) is 3.14. The summed E-state index contributed by atoms with van der Waals surface area (Å²) < 4.78 is 0. The maximum atomic E-state index is 11.7. The Bertz CT molecular complexity index is 591. The van der Waals surface area contributed by atoms with Crippen molar-refractivity contribution in [3.8, 4) is 11.1 Å². The van der Waals surface area contributed by atoms with Crippen LogP contribution in [0.3, 0.4) is 0 Å². The van der Waals surface area contributed by atoms with E-state index in [1.165, 1.54) is 5.56 Å². The number of carbonyl (C=O) groups is 1. The van der Waals surface area contributed by atoms with E-state index in [1.807, 2.05) is 31.2 Å². The Morgan fingerprint density at radius 2 is 1.67 bits per heavy atom. The zero-order valence-corrected chi connectivity index (χ0v) is 10.5. The lowest BCUT2D eigenvalue weighted by molar-refractivity contribution is 0.0953. The molecule has 0 fully saturated rings. The van der Waals surface area contributed by atoms with E-state index in [-0.39, 0.29) is 5.91 Å². The van der Waals surface area contributed by atoms with Crippen LogP contribution >= 0.6 is 0 Å². The molecule has 2 rings (SSSR count). The van der Waals surface area contributed by atoms with Gasteiger partial charge >= 0.3 is 0 Å². The van der Waals surface area contributed by atoms with Crippen LogP contribution in [0.5, 0.6) is 0 Å². The maximum Gasteiger partial charge on any atom is 0.265 e. The van der Waals surface area contributed by atoms with Gasteiger partial charge < -0.3 is 0 Å². The number of carbonyl (C=O) groups excluding carboxylic acids is 1. The number of amides is 1. The summed E-state index contributed by atoms with van der Waals surface area (Å²) >= 11 is 0. The monoisotopic (exact) mass is 240 g/mol. The summed E-state index contributed by atoms with van der Waals surface area (Å²) in [5.74, 6) is 4.93. The highest BCUT2D eigenvalue weighted by Crippen LogP contribution is 2.28. The SMILES string of the molecule is Cc1ccccc1-c1cccc(C(=O)NN)c1C. The smallest absolute Gasteiger partial charge is 0.265 e. The summed E-state index contributed by atoms with van der Waals surface area (Å²) in [6.07, 6.45) is 0. The Balaban J connectivity index is 2.60. The molecule has 1 amide bonds. The largest absolute Gasteiger partial charge is 0.290 e. The molecule has 92 valence electrons. The lowest BCUT2D eigenvalue weighted by atomic mass is 9.93. The van der Waals surface area contributed by atoms with Crippen molar-refractivity contribution < 1.29 is 4.79 Å².